The fourth-order valence-electron chi connectivity index (χ4n) is 9.82. The van der Waals surface area contributed by atoms with Gasteiger partial charge in [-0.25, -0.2) is 0 Å². The minimum absolute atomic E-state index is 1.08. The van der Waals surface area contributed by atoms with Gasteiger partial charge in [0.2, 0.25) is 0 Å². The van der Waals surface area contributed by atoms with Gasteiger partial charge in [0.15, 0.2) is 0 Å². The van der Waals surface area contributed by atoms with Crippen LogP contribution in [0.1, 0.15) is 0 Å². The fourth-order valence-corrected chi connectivity index (χ4v) is 9.82. The van der Waals surface area contributed by atoms with E-state index in [9.17, 15) is 0 Å². The summed E-state index contributed by atoms with van der Waals surface area (Å²) in [6.45, 7) is 0. The van der Waals surface area contributed by atoms with Crippen LogP contribution in [0.2, 0.25) is 0 Å². The number of aromatic nitrogens is 1. The van der Waals surface area contributed by atoms with E-state index >= 15 is 0 Å². The lowest BCUT2D eigenvalue weighted by atomic mass is 9.85. The average molecular weight is 789 g/mol. The van der Waals surface area contributed by atoms with E-state index in [0.29, 0.717) is 0 Å². The molecule has 0 N–H and O–H groups in total. The Labute approximate surface area is 360 Å². The van der Waals surface area contributed by atoms with Crippen molar-refractivity contribution in [2.24, 2.45) is 0 Å². The maximum absolute atomic E-state index is 2.45. The van der Waals surface area contributed by atoms with Crippen molar-refractivity contribution in [3.8, 4) is 39.1 Å². The van der Waals surface area contributed by atoms with Gasteiger partial charge < -0.3 is 9.47 Å². The first-order valence-electron chi connectivity index (χ1n) is 21.3. The Morgan fingerprint density at radius 3 is 1.53 bits per heavy atom. The third-order valence-electron chi connectivity index (χ3n) is 12.5. The first kappa shape index (κ1) is 35.7. The SMILES string of the molecule is c1ccc(-c2c(-c3ccccc3)c3cc(N(c4cccc(-c5cccc6ccccc56)c4)c4ccc5c6ccccc6n(-c6ccccc6)c5c4)ccc3c3ccccc23)cc1. The van der Waals surface area contributed by atoms with Crippen LogP contribution in [0, 0.1) is 0 Å². The van der Waals surface area contributed by atoms with Gasteiger partial charge in [-0.3, -0.25) is 0 Å². The predicted molar refractivity (Wildman–Crippen MR) is 264 cm³/mol. The van der Waals surface area contributed by atoms with E-state index in [1.807, 2.05) is 0 Å². The molecule has 1 heterocycles. The van der Waals surface area contributed by atoms with Gasteiger partial charge in [0.1, 0.15) is 0 Å². The molecule has 0 saturated carbocycles. The van der Waals surface area contributed by atoms with Crippen LogP contribution >= 0.6 is 0 Å². The van der Waals surface area contributed by atoms with Crippen molar-refractivity contribution in [1.29, 1.82) is 0 Å². The molecule has 0 amide bonds. The largest absolute Gasteiger partial charge is 0.310 e. The first-order chi connectivity index (χ1) is 30.8. The Morgan fingerprint density at radius 1 is 0.274 bits per heavy atom. The summed E-state index contributed by atoms with van der Waals surface area (Å²) in [7, 11) is 0. The third kappa shape index (κ3) is 5.88. The van der Waals surface area contributed by atoms with Gasteiger partial charge in [0.05, 0.1) is 11.0 Å². The fraction of sp³-hybridized carbons (Fsp3) is 0. The highest BCUT2D eigenvalue weighted by Gasteiger charge is 2.22. The lowest BCUT2D eigenvalue weighted by molar-refractivity contribution is 1.18. The number of benzene rings is 11. The average Bonchev–Trinajstić information content (AvgIpc) is 3.68. The zero-order chi connectivity index (χ0) is 41.0. The van der Waals surface area contributed by atoms with Crippen LogP contribution in [0.4, 0.5) is 17.1 Å². The van der Waals surface area contributed by atoms with Crippen molar-refractivity contribution in [2.45, 2.75) is 0 Å². The van der Waals surface area contributed by atoms with Gasteiger partial charge in [-0.05, 0) is 120 Å². The highest BCUT2D eigenvalue weighted by molar-refractivity contribution is 6.22. The standard InChI is InChI=1S/C60H40N2/c1-4-19-42(20-5-1)59-55-31-13-12-29-51(55)52-36-34-47(39-56(52)60(59)43-21-6-2-7-22-43)61(46-27-16-24-44(38-46)50-32-17-23-41-18-10-11-28-49(41)50)48-35-37-54-53-30-14-15-33-57(53)62(58(54)40-48)45-25-8-3-9-26-45/h1-40H. The normalized spacial score (nSPS) is 11.5. The maximum atomic E-state index is 2.45. The molecule has 0 aliphatic heterocycles. The Morgan fingerprint density at radius 2 is 0.774 bits per heavy atom. The molecule has 2 nitrogen and oxygen atoms in total. The summed E-state index contributed by atoms with van der Waals surface area (Å²) in [6.07, 6.45) is 0. The zero-order valence-electron chi connectivity index (χ0n) is 34.0. The molecular formula is C60H40N2. The van der Waals surface area contributed by atoms with E-state index in [1.54, 1.807) is 0 Å². The highest BCUT2D eigenvalue weighted by atomic mass is 15.1. The van der Waals surface area contributed by atoms with Crippen molar-refractivity contribution >= 4 is 71.2 Å². The van der Waals surface area contributed by atoms with Crippen molar-refractivity contribution in [3.63, 3.8) is 0 Å². The molecule has 0 atom stereocenters. The molecule has 0 saturated heterocycles. The van der Waals surface area contributed by atoms with Gasteiger partial charge in [0.25, 0.3) is 0 Å². The molecule has 0 fully saturated rings. The monoisotopic (exact) mass is 788 g/mol. The molecule has 62 heavy (non-hydrogen) atoms. The van der Waals surface area contributed by atoms with Gasteiger partial charge >= 0.3 is 0 Å². The summed E-state index contributed by atoms with van der Waals surface area (Å²) < 4.78 is 2.41. The molecule has 0 bridgehead atoms. The van der Waals surface area contributed by atoms with Gasteiger partial charge in [0, 0.05) is 33.5 Å². The van der Waals surface area contributed by atoms with Crippen LogP contribution in [0.15, 0.2) is 243 Å². The zero-order valence-corrected chi connectivity index (χ0v) is 34.0. The molecule has 0 unspecified atom stereocenters. The second kappa shape index (κ2) is 14.8. The number of nitrogens with zero attached hydrogens (tertiary/aromatic N) is 2. The quantitative estimate of drug-likeness (QED) is 0.146. The summed E-state index contributed by atoms with van der Waals surface area (Å²) in [5.41, 5.74) is 14.0. The second-order valence-corrected chi connectivity index (χ2v) is 16.1. The summed E-state index contributed by atoms with van der Waals surface area (Å²) >= 11 is 0. The van der Waals surface area contributed by atoms with E-state index < -0.39 is 0 Å². The Kier molecular flexibility index (Phi) is 8.53. The topological polar surface area (TPSA) is 8.17 Å². The van der Waals surface area contributed by atoms with E-state index in [4.69, 9.17) is 0 Å². The van der Waals surface area contributed by atoms with E-state index in [0.717, 1.165) is 28.3 Å². The van der Waals surface area contributed by atoms with Crippen molar-refractivity contribution in [3.05, 3.63) is 243 Å². The lowest BCUT2D eigenvalue weighted by Gasteiger charge is -2.28. The molecule has 0 aliphatic rings. The van der Waals surface area contributed by atoms with Gasteiger partial charge in [-0.1, -0.05) is 188 Å². The van der Waals surface area contributed by atoms with Crippen LogP contribution in [-0.2, 0) is 0 Å². The predicted octanol–water partition coefficient (Wildman–Crippen LogP) is 16.7. The number of hydrogen-bond donors (Lipinski definition) is 0. The van der Waals surface area contributed by atoms with E-state index in [2.05, 4.69) is 252 Å². The van der Waals surface area contributed by atoms with Crippen molar-refractivity contribution in [1.82, 2.24) is 4.57 Å². The number of hydrogen-bond acceptors (Lipinski definition) is 1. The Balaban J connectivity index is 1.16. The van der Waals surface area contributed by atoms with E-state index in [1.165, 1.54) is 82.0 Å². The highest BCUT2D eigenvalue weighted by Crippen LogP contribution is 2.48. The van der Waals surface area contributed by atoms with Gasteiger partial charge in [-0.2, -0.15) is 0 Å². The van der Waals surface area contributed by atoms with Crippen LogP contribution in [-0.4, -0.2) is 4.57 Å². The molecule has 290 valence electrons. The molecule has 0 radical (unpaired) electrons. The first-order valence-corrected chi connectivity index (χ1v) is 21.3. The third-order valence-corrected chi connectivity index (χ3v) is 12.5. The minimum Gasteiger partial charge on any atom is -0.310 e. The molecule has 0 spiro atoms. The molecule has 1 aromatic heterocycles. The Hall–Kier alpha value is -8.20. The Bertz CT molecular complexity index is 3620. The van der Waals surface area contributed by atoms with E-state index in [-0.39, 0.29) is 0 Å². The van der Waals surface area contributed by atoms with Gasteiger partial charge in [-0.15, -0.1) is 0 Å². The van der Waals surface area contributed by atoms with Crippen LogP contribution in [0.3, 0.4) is 0 Å². The molecule has 11 aromatic carbocycles. The maximum Gasteiger partial charge on any atom is 0.0561 e. The van der Waals surface area contributed by atoms with Crippen molar-refractivity contribution in [2.75, 3.05) is 4.90 Å². The second-order valence-electron chi connectivity index (χ2n) is 16.1. The molecule has 12 rings (SSSR count). The van der Waals surface area contributed by atoms with Crippen LogP contribution in [0.5, 0.6) is 0 Å². The summed E-state index contributed by atoms with van der Waals surface area (Å²) in [5.74, 6) is 0. The number of para-hydroxylation sites is 2. The van der Waals surface area contributed by atoms with Crippen LogP contribution in [0.25, 0.3) is 93.2 Å². The summed E-state index contributed by atoms with van der Waals surface area (Å²) in [5, 5.41) is 9.86. The summed E-state index contributed by atoms with van der Waals surface area (Å²) in [4.78, 5) is 2.45. The molecule has 2 heteroatoms. The molecule has 0 aliphatic carbocycles. The number of anilines is 3. The smallest absolute Gasteiger partial charge is 0.0561 e. The summed E-state index contributed by atoms with van der Waals surface area (Å²) in [6, 6.07) is 88.6. The lowest BCUT2D eigenvalue weighted by Crippen LogP contribution is -2.10. The number of rotatable bonds is 7. The number of fused-ring (bicyclic) bond motifs is 7. The molecular weight excluding hydrogens is 749 g/mol. The molecule has 12 aromatic rings. The van der Waals surface area contributed by atoms with Crippen molar-refractivity contribution < 1.29 is 0 Å². The minimum atomic E-state index is 1.08. The van der Waals surface area contributed by atoms with Crippen LogP contribution < -0.4 is 4.90 Å².